The zero-order valence-corrected chi connectivity index (χ0v) is 12.9. The van der Waals surface area contributed by atoms with Gasteiger partial charge in [0.05, 0.1) is 0 Å². The number of nitrogens with one attached hydrogen (secondary N) is 1. The van der Waals surface area contributed by atoms with E-state index in [1.165, 1.54) is 12.2 Å². The summed E-state index contributed by atoms with van der Waals surface area (Å²) in [7, 11) is 0. The number of aryl methyl sites for hydroxylation is 1. The van der Waals surface area contributed by atoms with Crippen molar-refractivity contribution >= 4 is 11.9 Å². The van der Waals surface area contributed by atoms with Crippen molar-refractivity contribution in [1.29, 1.82) is 0 Å². The van der Waals surface area contributed by atoms with Crippen molar-refractivity contribution in [3.05, 3.63) is 83.2 Å². The largest absolute Gasteiger partial charge is 0.341 e. The Balaban J connectivity index is 1.87. The first-order valence-electron chi connectivity index (χ1n) is 7.34. The lowest BCUT2D eigenvalue weighted by molar-refractivity contribution is 0.104. The number of rotatable bonds is 4. The average Bonchev–Trinajstić information content (AvgIpc) is 2.98. The maximum atomic E-state index is 13.6. The van der Waals surface area contributed by atoms with E-state index in [9.17, 15) is 13.6 Å². The topological polar surface area (TPSA) is 45.8 Å². The van der Waals surface area contributed by atoms with Crippen LogP contribution in [0, 0.1) is 18.6 Å². The molecule has 0 saturated carbocycles. The van der Waals surface area contributed by atoms with E-state index >= 15 is 0 Å². The number of H-pyrrole nitrogens is 1. The van der Waals surface area contributed by atoms with Gasteiger partial charge in [0.25, 0.3) is 0 Å². The van der Waals surface area contributed by atoms with Gasteiger partial charge in [-0.3, -0.25) is 4.79 Å². The van der Waals surface area contributed by atoms with Gasteiger partial charge in [-0.1, -0.05) is 30.3 Å². The molecule has 3 rings (SSSR count). The number of ketones is 1. The van der Waals surface area contributed by atoms with Crippen LogP contribution in [-0.4, -0.2) is 15.8 Å². The van der Waals surface area contributed by atoms with Gasteiger partial charge in [-0.2, -0.15) is 0 Å². The molecule has 0 spiro atoms. The molecule has 0 bridgehead atoms. The van der Waals surface area contributed by atoms with Gasteiger partial charge in [0.2, 0.25) is 5.78 Å². The van der Waals surface area contributed by atoms with Crippen LogP contribution in [0.5, 0.6) is 0 Å². The summed E-state index contributed by atoms with van der Waals surface area (Å²) < 4.78 is 26.7. The Morgan fingerprint density at radius 1 is 1.12 bits per heavy atom. The molecule has 0 unspecified atom stereocenters. The van der Waals surface area contributed by atoms with Crippen molar-refractivity contribution in [2.45, 2.75) is 6.92 Å². The maximum absolute atomic E-state index is 13.6. The van der Waals surface area contributed by atoms with E-state index in [4.69, 9.17) is 0 Å². The predicted octanol–water partition coefficient (Wildman–Crippen LogP) is 4.56. The minimum atomic E-state index is -0.593. The van der Waals surface area contributed by atoms with Crippen LogP contribution in [-0.2, 0) is 0 Å². The molecule has 0 saturated heterocycles. The molecule has 0 radical (unpaired) electrons. The van der Waals surface area contributed by atoms with Gasteiger partial charge in [0.1, 0.15) is 23.2 Å². The first-order valence-corrected chi connectivity index (χ1v) is 7.34. The van der Waals surface area contributed by atoms with Crippen molar-refractivity contribution in [3.63, 3.8) is 0 Å². The third-order valence-corrected chi connectivity index (χ3v) is 3.54. The number of hydrogen-bond acceptors (Lipinski definition) is 2. The molecule has 1 aromatic heterocycles. The Morgan fingerprint density at radius 2 is 1.88 bits per heavy atom. The second-order valence-corrected chi connectivity index (χ2v) is 5.29. The van der Waals surface area contributed by atoms with Gasteiger partial charge in [-0.05, 0) is 37.3 Å². The van der Waals surface area contributed by atoms with E-state index in [1.54, 1.807) is 6.92 Å². The zero-order valence-electron chi connectivity index (χ0n) is 12.9. The van der Waals surface area contributed by atoms with Crippen molar-refractivity contribution in [2.75, 3.05) is 0 Å². The summed E-state index contributed by atoms with van der Waals surface area (Å²) >= 11 is 0. The molecule has 0 amide bonds. The Bertz CT molecular complexity index is 914. The highest BCUT2D eigenvalue weighted by molar-refractivity contribution is 6.06. The molecule has 1 N–H and O–H groups in total. The molecule has 0 aliphatic carbocycles. The van der Waals surface area contributed by atoms with Gasteiger partial charge in [0.15, 0.2) is 0 Å². The standard InChI is InChI=1S/C19H14F2N2O/c1-12-18(23-19(22-12)13-5-3-2-4-6-13)17(24)10-7-14-11-15(20)8-9-16(14)21/h2-11H,1H3,(H,22,23). The van der Waals surface area contributed by atoms with Crippen LogP contribution in [0.4, 0.5) is 8.78 Å². The summed E-state index contributed by atoms with van der Waals surface area (Å²) in [6, 6.07) is 12.5. The van der Waals surface area contributed by atoms with E-state index < -0.39 is 11.6 Å². The first kappa shape index (κ1) is 15.8. The van der Waals surface area contributed by atoms with Crippen LogP contribution in [0.2, 0.25) is 0 Å². The minimum absolute atomic E-state index is 0.0137. The van der Waals surface area contributed by atoms with Crippen LogP contribution in [0.25, 0.3) is 17.5 Å². The zero-order chi connectivity index (χ0) is 17.1. The number of carbonyl (C=O) groups is 1. The highest BCUT2D eigenvalue weighted by Crippen LogP contribution is 2.18. The van der Waals surface area contributed by atoms with Crippen LogP contribution >= 0.6 is 0 Å². The SMILES string of the molecule is Cc1[nH]c(-c2ccccc2)nc1C(=O)C=Cc1cc(F)ccc1F. The van der Waals surface area contributed by atoms with Crippen LogP contribution < -0.4 is 0 Å². The van der Waals surface area contributed by atoms with Crippen LogP contribution in [0.3, 0.4) is 0 Å². The molecule has 0 atom stereocenters. The van der Waals surface area contributed by atoms with Crippen molar-refractivity contribution in [3.8, 4) is 11.4 Å². The molecule has 120 valence electrons. The first-order chi connectivity index (χ1) is 11.5. The normalized spacial score (nSPS) is 11.1. The van der Waals surface area contributed by atoms with E-state index in [0.29, 0.717) is 11.5 Å². The molecule has 0 aliphatic heterocycles. The highest BCUT2D eigenvalue weighted by Gasteiger charge is 2.13. The maximum Gasteiger partial charge on any atom is 0.206 e. The molecule has 1 heterocycles. The average molecular weight is 324 g/mol. The Kier molecular flexibility index (Phi) is 4.33. The number of hydrogen-bond donors (Lipinski definition) is 1. The molecule has 0 fully saturated rings. The molecule has 24 heavy (non-hydrogen) atoms. The quantitative estimate of drug-likeness (QED) is 0.565. The van der Waals surface area contributed by atoms with Gasteiger partial charge in [0, 0.05) is 16.8 Å². The van der Waals surface area contributed by atoms with E-state index in [1.807, 2.05) is 30.3 Å². The second-order valence-electron chi connectivity index (χ2n) is 5.29. The van der Waals surface area contributed by atoms with E-state index in [0.717, 1.165) is 23.8 Å². The predicted molar refractivity (Wildman–Crippen MR) is 88.5 cm³/mol. The number of allylic oxidation sites excluding steroid dienone is 1. The third kappa shape index (κ3) is 3.30. The molecular formula is C19H14F2N2O. The summed E-state index contributed by atoms with van der Waals surface area (Å²) in [4.78, 5) is 19.7. The summed E-state index contributed by atoms with van der Waals surface area (Å²) in [6.07, 6.45) is 2.44. The molecule has 5 heteroatoms. The summed E-state index contributed by atoms with van der Waals surface area (Å²) in [5.74, 6) is -0.952. The fourth-order valence-electron chi connectivity index (χ4n) is 2.32. The number of carbonyl (C=O) groups excluding carboxylic acids is 1. The summed E-state index contributed by atoms with van der Waals surface area (Å²) in [5, 5.41) is 0. The summed E-state index contributed by atoms with van der Waals surface area (Å²) in [5.41, 5.74) is 1.74. The molecule has 0 aliphatic rings. The lowest BCUT2D eigenvalue weighted by atomic mass is 10.1. The van der Waals surface area contributed by atoms with Crippen molar-refractivity contribution in [1.82, 2.24) is 9.97 Å². The molecule has 3 aromatic rings. The monoisotopic (exact) mass is 324 g/mol. The molecule has 3 nitrogen and oxygen atoms in total. The van der Waals surface area contributed by atoms with E-state index in [2.05, 4.69) is 9.97 Å². The van der Waals surface area contributed by atoms with Gasteiger partial charge in [-0.15, -0.1) is 0 Å². The van der Waals surface area contributed by atoms with Gasteiger partial charge >= 0.3 is 0 Å². The van der Waals surface area contributed by atoms with Crippen molar-refractivity contribution < 1.29 is 13.6 Å². The number of nitrogens with zero attached hydrogens (tertiary/aromatic N) is 1. The fourth-order valence-corrected chi connectivity index (χ4v) is 2.32. The Morgan fingerprint density at radius 3 is 2.62 bits per heavy atom. The van der Waals surface area contributed by atoms with E-state index in [-0.39, 0.29) is 17.0 Å². The van der Waals surface area contributed by atoms with Crippen LogP contribution in [0.1, 0.15) is 21.7 Å². The Labute approximate surface area is 137 Å². The van der Waals surface area contributed by atoms with Crippen molar-refractivity contribution in [2.24, 2.45) is 0 Å². The minimum Gasteiger partial charge on any atom is -0.341 e. The van der Waals surface area contributed by atoms with Crippen LogP contribution in [0.15, 0.2) is 54.6 Å². The molecule has 2 aromatic carbocycles. The number of aromatic nitrogens is 2. The highest BCUT2D eigenvalue weighted by atomic mass is 19.1. The van der Waals surface area contributed by atoms with Gasteiger partial charge < -0.3 is 4.98 Å². The second kappa shape index (κ2) is 6.58. The number of imidazole rings is 1. The Hall–Kier alpha value is -3.08. The smallest absolute Gasteiger partial charge is 0.206 e. The van der Waals surface area contributed by atoms with Gasteiger partial charge in [-0.25, -0.2) is 13.8 Å². The number of aromatic amines is 1. The third-order valence-electron chi connectivity index (χ3n) is 3.54. The fraction of sp³-hybridized carbons (Fsp3) is 0.0526. The summed E-state index contributed by atoms with van der Waals surface area (Å²) in [6.45, 7) is 1.74. The number of halogens is 2. The lowest BCUT2D eigenvalue weighted by Crippen LogP contribution is -1.97. The molecular weight excluding hydrogens is 310 g/mol. The lowest BCUT2D eigenvalue weighted by Gasteiger charge is -1.97. The number of benzene rings is 2.